The third-order valence-electron chi connectivity index (χ3n) is 2.92. The summed E-state index contributed by atoms with van der Waals surface area (Å²) < 4.78 is 24.2. The summed E-state index contributed by atoms with van der Waals surface area (Å²) in [5.41, 5.74) is 1.63. The zero-order valence-corrected chi connectivity index (χ0v) is 13.9. The molecule has 112 valence electrons. The van der Waals surface area contributed by atoms with E-state index in [0.29, 0.717) is 33.2 Å². The maximum Gasteiger partial charge on any atom is 0.161 e. The fourth-order valence-corrected chi connectivity index (χ4v) is 2.85. The summed E-state index contributed by atoms with van der Waals surface area (Å²) >= 11 is 9.32. The van der Waals surface area contributed by atoms with Gasteiger partial charge in [-0.05, 0) is 45.8 Å². The van der Waals surface area contributed by atoms with E-state index in [-0.39, 0.29) is 5.82 Å². The lowest BCUT2D eigenvalue weighted by atomic mass is 10.2. The molecule has 0 aliphatic rings. The summed E-state index contributed by atoms with van der Waals surface area (Å²) in [6, 6.07) is 8.25. The number of hydrogen-bond acceptors (Lipinski definition) is 3. The number of rotatable bonds is 5. The highest BCUT2D eigenvalue weighted by Gasteiger charge is 2.09. The molecule has 0 fully saturated rings. The topological polar surface area (TPSA) is 30.5 Å². The van der Waals surface area contributed by atoms with Crippen LogP contribution in [0.25, 0.3) is 0 Å². The van der Waals surface area contributed by atoms with Gasteiger partial charge in [-0.1, -0.05) is 17.7 Å². The van der Waals surface area contributed by atoms with Crippen LogP contribution in [0, 0.1) is 5.82 Å². The van der Waals surface area contributed by atoms with Crippen molar-refractivity contribution < 1.29 is 13.9 Å². The van der Waals surface area contributed by atoms with Crippen molar-refractivity contribution in [2.75, 3.05) is 19.5 Å². The van der Waals surface area contributed by atoms with Gasteiger partial charge in [-0.25, -0.2) is 4.39 Å². The highest BCUT2D eigenvalue weighted by molar-refractivity contribution is 9.10. The second kappa shape index (κ2) is 7.00. The van der Waals surface area contributed by atoms with Crippen LogP contribution in [-0.2, 0) is 6.54 Å². The molecule has 2 rings (SSSR count). The minimum absolute atomic E-state index is 0.322. The first-order valence-electron chi connectivity index (χ1n) is 6.14. The van der Waals surface area contributed by atoms with Crippen molar-refractivity contribution in [1.82, 2.24) is 0 Å². The predicted octanol–water partition coefficient (Wildman–Crippen LogP) is 4.87. The zero-order valence-electron chi connectivity index (χ0n) is 11.5. The minimum Gasteiger partial charge on any atom is -0.493 e. The van der Waals surface area contributed by atoms with Crippen LogP contribution in [0.5, 0.6) is 11.5 Å². The molecule has 3 nitrogen and oxygen atoms in total. The van der Waals surface area contributed by atoms with Gasteiger partial charge >= 0.3 is 0 Å². The summed E-state index contributed by atoms with van der Waals surface area (Å²) in [5, 5.41) is 3.49. The summed E-state index contributed by atoms with van der Waals surface area (Å²) in [6.07, 6.45) is 0. The van der Waals surface area contributed by atoms with Crippen molar-refractivity contribution >= 4 is 33.2 Å². The molecule has 0 aromatic heterocycles. The Balaban J connectivity index is 2.17. The maximum absolute atomic E-state index is 13.2. The van der Waals surface area contributed by atoms with Crippen LogP contribution in [0.4, 0.5) is 10.1 Å². The molecule has 2 aromatic carbocycles. The van der Waals surface area contributed by atoms with Gasteiger partial charge in [0.25, 0.3) is 0 Å². The molecule has 0 unspecified atom stereocenters. The minimum atomic E-state index is -0.386. The third kappa shape index (κ3) is 3.80. The van der Waals surface area contributed by atoms with Crippen LogP contribution in [-0.4, -0.2) is 14.2 Å². The Bertz CT molecular complexity index is 629. The molecule has 0 atom stereocenters. The van der Waals surface area contributed by atoms with Crippen molar-refractivity contribution in [1.29, 1.82) is 0 Å². The van der Waals surface area contributed by atoms with Crippen LogP contribution in [0.1, 0.15) is 5.56 Å². The quantitative estimate of drug-likeness (QED) is 0.810. The van der Waals surface area contributed by atoms with Crippen molar-refractivity contribution in [2.45, 2.75) is 6.54 Å². The fraction of sp³-hybridized carbons (Fsp3) is 0.200. The molecular weight excluding hydrogens is 361 g/mol. The molecule has 0 aliphatic carbocycles. The third-order valence-corrected chi connectivity index (χ3v) is 3.85. The standard InChI is InChI=1S/C15H14BrClFNO2/c1-20-13-4-3-9(5-14(13)21-2)8-19-15-11(16)6-10(18)7-12(15)17/h3-7,19H,8H2,1-2H3. The number of ether oxygens (including phenoxy) is 2. The molecule has 0 saturated heterocycles. The SMILES string of the molecule is COc1ccc(CNc2c(Cl)cc(F)cc2Br)cc1OC. The van der Waals surface area contributed by atoms with Crippen LogP contribution >= 0.6 is 27.5 Å². The largest absolute Gasteiger partial charge is 0.493 e. The molecule has 0 spiro atoms. The summed E-state index contributed by atoms with van der Waals surface area (Å²) in [6.45, 7) is 0.518. The summed E-state index contributed by atoms with van der Waals surface area (Å²) in [4.78, 5) is 0. The number of hydrogen-bond donors (Lipinski definition) is 1. The average Bonchev–Trinajstić information content (AvgIpc) is 2.45. The molecule has 21 heavy (non-hydrogen) atoms. The van der Waals surface area contributed by atoms with E-state index < -0.39 is 0 Å². The van der Waals surface area contributed by atoms with Gasteiger partial charge in [0.2, 0.25) is 0 Å². The number of methoxy groups -OCH3 is 2. The first kappa shape index (κ1) is 15.9. The second-order valence-electron chi connectivity index (χ2n) is 4.29. The highest BCUT2D eigenvalue weighted by atomic mass is 79.9. The molecule has 6 heteroatoms. The zero-order chi connectivity index (χ0) is 15.4. The molecule has 0 aliphatic heterocycles. The summed E-state index contributed by atoms with van der Waals surface area (Å²) in [5.74, 6) is 0.937. The van der Waals surface area contributed by atoms with Crippen molar-refractivity contribution in [3.63, 3.8) is 0 Å². The predicted molar refractivity (Wildman–Crippen MR) is 86.0 cm³/mol. The van der Waals surface area contributed by atoms with Crippen molar-refractivity contribution in [3.05, 3.63) is 51.2 Å². The molecule has 1 N–H and O–H groups in total. The van der Waals surface area contributed by atoms with E-state index in [1.54, 1.807) is 14.2 Å². The normalized spacial score (nSPS) is 10.3. The van der Waals surface area contributed by atoms with Gasteiger partial charge in [-0.15, -0.1) is 0 Å². The van der Waals surface area contributed by atoms with E-state index in [9.17, 15) is 4.39 Å². The lowest BCUT2D eigenvalue weighted by Crippen LogP contribution is -2.02. The molecule has 2 aromatic rings. The van der Waals surface area contributed by atoms with Gasteiger partial charge in [0, 0.05) is 11.0 Å². The number of nitrogens with one attached hydrogen (secondary N) is 1. The molecule has 0 bridgehead atoms. The Morgan fingerprint density at radius 1 is 1.14 bits per heavy atom. The van der Waals surface area contributed by atoms with Gasteiger partial charge in [0.05, 0.1) is 24.9 Å². The maximum atomic E-state index is 13.2. The Morgan fingerprint density at radius 3 is 2.48 bits per heavy atom. The first-order chi connectivity index (χ1) is 10.0. The average molecular weight is 375 g/mol. The Labute approximate surface area is 136 Å². The van der Waals surface area contributed by atoms with Crippen LogP contribution in [0.15, 0.2) is 34.8 Å². The number of halogens is 3. The van der Waals surface area contributed by atoms with Gasteiger partial charge in [-0.2, -0.15) is 0 Å². The van der Waals surface area contributed by atoms with Crippen LogP contribution in [0.2, 0.25) is 5.02 Å². The highest BCUT2D eigenvalue weighted by Crippen LogP contribution is 2.33. The van der Waals surface area contributed by atoms with E-state index >= 15 is 0 Å². The smallest absolute Gasteiger partial charge is 0.161 e. The number of anilines is 1. The van der Waals surface area contributed by atoms with Crippen molar-refractivity contribution in [3.8, 4) is 11.5 Å². The van der Waals surface area contributed by atoms with Gasteiger partial charge in [0.15, 0.2) is 11.5 Å². The molecule has 0 heterocycles. The van der Waals surface area contributed by atoms with E-state index in [1.165, 1.54) is 12.1 Å². The monoisotopic (exact) mass is 373 g/mol. The van der Waals surface area contributed by atoms with Gasteiger partial charge in [-0.3, -0.25) is 0 Å². The van der Waals surface area contributed by atoms with Crippen molar-refractivity contribution in [2.24, 2.45) is 0 Å². The van der Waals surface area contributed by atoms with Gasteiger partial charge in [0.1, 0.15) is 5.82 Å². The van der Waals surface area contributed by atoms with E-state index in [1.807, 2.05) is 18.2 Å². The lowest BCUT2D eigenvalue weighted by Gasteiger charge is -2.13. The Kier molecular flexibility index (Phi) is 5.31. The molecule has 0 saturated carbocycles. The molecular formula is C15H14BrClFNO2. The van der Waals surface area contributed by atoms with E-state index in [4.69, 9.17) is 21.1 Å². The molecule has 0 radical (unpaired) electrons. The lowest BCUT2D eigenvalue weighted by molar-refractivity contribution is 0.354. The fourth-order valence-electron chi connectivity index (χ4n) is 1.89. The molecule has 0 amide bonds. The van der Waals surface area contributed by atoms with Crippen LogP contribution in [0.3, 0.4) is 0 Å². The van der Waals surface area contributed by atoms with E-state index in [0.717, 1.165) is 5.56 Å². The Morgan fingerprint density at radius 2 is 1.86 bits per heavy atom. The Hall–Kier alpha value is -1.46. The number of benzene rings is 2. The first-order valence-corrected chi connectivity index (χ1v) is 7.31. The summed E-state index contributed by atoms with van der Waals surface area (Å²) in [7, 11) is 3.17. The van der Waals surface area contributed by atoms with E-state index in [2.05, 4.69) is 21.2 Å². The van der Waals surface area contributed by atoms with Gasteiger partial charge < -0.3 is 14.8 Å². The second-order valence-corrected chi connectivity index (χ2v) is 5.55. The van der Waals surface area contributed by atoms with Crippen LogP contribution < -0.4 is 14.8 Å².